The molecule has 1 aliphatic heterocycles. The third-order valence-corrected chi connectivity index (χ3v) is 6.80. The van der Waals surface area contributed by atoms with Gasteiger partial charge in [0.05, 0.1) is 6.04 Å². The van der Waals surface area contributed by atoms with E-state index >= 15 is 0 Å². The molecule has 208 valence electrons. The third-order valence-electron chi connectivity index (χ3n) is 6.80. The van der Waals surface area contributed by atoms with Gasteiger partial charge in [0.2, 0.25) is 0 Å². The van der Waals surface area contributed by atoms with Crippen molar-refractivity contribution in [2.24, 2.45) is 0 Å². The predicted octanol–water partition coefficient (Wildman–Crippen LogP) is 7.42. The number of ether oxygens (including phenoxy) is 1. The lowest BCUT2D eigenvalue weighted by molar-refractivity contribution is -0.189. The number of rotatable bonds is 7. The Morgan fingerprint density at radius 2 is 1.10 bits per heavy atom. The zero-order valence-electron chi connectivity index (χ0n) is 20.9. The van der Waals surface area contributed by atoms with Crippen molar-refractivity contribution in [1.29, 1.82) is 0 Å². The Labute approximate surface area is 226 Å². The molecule has 0 spiro atoms. The Morgan fingerprint density at radius 1 is 0.625 bits per heavy atom. The van der Waals surface area contributed by atoms with E-state index in [0.717, 1.165) is 23.3 Å². The van der Waals surface area contributed by atoms with Gasteiger partial charge in [-0.3, -0.25) is 4.90 Å². The minimum atomic E-state index is -4.64. The molecule has 40 heavy (non-hydrogen) atoms. The monoisotopic (exact) mass is 560 g/mol. The molecule has 4 aromatic carbocycles. The molecular weight excluding hydrogens is 537 g/mol. The van der Waals surface area contributed by atoms with Crippen LogP contribution in [0.25, 0.3) is 0 Å². The molecule has 5 rings (SSSR count). The molecule has 0 N–H and O–H groups in total. The van der Waals surface area contributed by atoms with Gasteiger partial charge in [-0.15, -0.1) is 0 Å². The molecule has 0 saturated carbocycles. The second-order valence-corrected chi connectivity index (χ2v) is 9.35. The zero-order chi connectivity index (χ0) is 28.4. The summed E-state index contributed by atoms with van der Waals surface area (Å²) in [5.74, 6) is -9.80. The van der Waals surface area contributed by atoms with E-state index in [1.807, 2.05) is 60.7 Å². The van der Waals surface area contributed by atoms with Crippen molar-refractivity contribution in [2.45, 2.75) is 12.2 Å². The Balaban J connectivity index is 1.34. The van der Waals surface area contributed by atoms with Gasteiger partial charge in [-0.2, -0.15) is 8.78 Å². The van der Waals surface area contributed by atoms with Gasteiger partial charge >= 0.3 is 6.11 Å². The average molecular weight is 561 g/mol. The minimum Gasteiger partial charge on any atom is -0.429 e. The lowest BCUT2D eigenvalue weighted by Crippen LogP contribution is -2.48. The van der Waals surface area contributed by atoms with Crippen molar-refractivity contribution in [2.75, 3.05) is 31.1 Å². The smallest absolute Gasteiger partial charge is 0.429 e. The van der Waals surface area contributed by atoms with Crippen molar-refractivity contribution >= 4 is 5.69 Å². The van der Waals surface area contributed by atoms with Crippen LogP contribution in [0.4, 0.5) is 36.4 Å². The minimum absolute atomic E-state index is 0.0441. The molecule has 0 unspecified atom stereocenters. The number of alkyl halides is 2. The summed E-state index contributed by atoms with van der Waals surface area (Å²) < 4.78 is 103. The first-order valence-electron chi connectivity index (χ1n) is 12.4. The van der Waals surface area contributed by atoms with Crippen LogP contribution in [-0.4, -0.2) is 31.1 Å². The Bertz CT molecular complexity index is 1390. The molecule has 0 amide bonds. The van der Waals surface area contributed by atoms with Crippen LogP contribution < -0.4 is 9.64 Å². The number of nitrogens with zero attached hydrogens (tertiary/aromatic N) is 2. The summed E-state index contributed by atoms with van der Waals surface area (Å²) in [6, 6.07) is 21.6. The summed E-state index contributed by atoms with van der Waals surface area (Å²) in [6.45, 7) is 1.80. The number of benzene rings is 4. The summed E-state index contributed by atoms with van der Waals surface area (Å²) >= 11 is 0. The molecule has 4 aromatic rings. The summed E-state index contributed by atoms with van der Waals surface area (Å²) in [6.07, 6.45) is -4.64. The second kappa shape index (κ2) is 11.2. The van der Waals surface area contributed by atoms with E-state index in [-0.39, 0.29) is 23.9 Å². The fourth-order valence-electron chi connectivity index (χ4n) is 4.93. The number of hydrogen-bond donors (Lipinski definition) is 0. The average Bonchev–Trinajstić information content (AvgIpc) is 2.92. The van der Waals surface area contributed by atoms with Crippen LogP contribution in [0.15, 0.2) is 84.9 Å². The summed E-state index contributed by atoms with van der Waals surface area (Å²) in [4.78, 5) is 3.93. The molecule has 10 heteroatoms. The van der Waals surface area contributed by atoms with Crippen LogP contribution in [0, 0.1) is 29.1 Å². The summed E-state index contributed by atoms with van der Waals surface area (Å²) in [7, 11) is 0. The van der Waals surface area contributed by atoms with Gasteiger partial charge < -0.3 is 9.64 Å². The largest absolute Gasteiger partial charge is 0.432 e. The van der Waals surface area contributed by atoms with Gasteiger partial charge in [-0.1, -0.05) is 60.7 Å². The standard InChI is InChI=1S/C30H23F7N2O/c31-23-15-21(16-24(32)27(23)30(36,37)40-22-17-25(33)28(35)26(34)18-22)38-11-13-39(14-12-38)29(19-7-3-1-4-8-19)20-9-5-2-6-10-20/h1-10,15-18,29H,11-14H2. The SMILES string of the molecule is Fc1cc(OC(F)(F)c2c(F)cc(N3CCN(C(c4ccccc4)c4ccccc4)CC3)cc2F)cc(F)c1F. The first kappa shape index (κ1) is 27.5. The van der Waals surface area contributed by atoms with Gasteiger partial charge in [0.25, 0.3) is 0 Å². The quantitative estimate of drug-likeness (QED) is 0.173. The summed E-state index contributed by atoms with van der Waals surface area (Å²) in [5.41, 5.74) is 0.510. The maximum Gasteiger partial charge on any atom is 0.432 e. The van der Waals surface area contributed by atoms with Gasteiger partial charge in [-0.05, 0) is 23.3 Å². The van der Waals surface area contributed by atoms with E-state index in [1.54, 1.807) is 4.90 Å². The van der Waals surface area contributed by atoms with E-state index in [4.69, 9.17) is 0 Å². The van der Waals surface area contributed by atoms with Crippen LogP contribution in [0.2, 0.25) is 0 Å². The highest BCUT2D eigenvalue weighted by Gasteiger charge is 2.42. The van der Waals surface area contributed by atoms with E-state index < -0.39 is 46.5 Å². The van der Waals surface area contributed by atoms with E-state index in [2.05, 4.69) is 9.64 Å². The molecule has 0 aromatic heterocycles. The highest BCUT2D eigenvalue weighted by molar-refractivity contribution is 5.50. The third kappa shape index (κ3) is 5.62. The Morgan fingerprint density at radius 3 is 1.57 bits per heavy atom. The molecule has 1 heterocycles. The first-order chi connectivity index (χ1) is 19.1. The molecular formula is C30H23F7N2O. The van der Waals surface area contributed by atoms with Crippen LogP contribution in [-0.2, 0) is 6.11 Å². The number of anilines is 1. The van der Waals surface area contributed by atoms with Crippen LogP contribution >= 0.6 is 0 Å². The van der Waals surface area contributed by atoms with E-state index in [1.165, 1.54) is 0 Å². The normalized spacial score (nSPS) is 14.6. The van der Waals surface area contributed by atoms with Crippen molar-refractivity contribution in [1.82, 2.24) is 4.90 Å². The molecule has 0 atom stereocenters. The topological polar surface area (TPSA) is 15.7 Å². The van der Waals surface area contributed by atoms with Crippen LogP contribution in [0.5, 0.6) is 5.75 Å². The maximum atomic E-state index is 14.9. The van der Waals surface area contributed by atoms with E-state index in [9.17, 15) is 30.7 Å². The van der Waals surface area contributed by atoms with Gasteiger partial charge in [0.1, 0.15) is 22.9 Å². The lowest BCUT2D eigenvalue weighted by atomic mass is 9.96. The van der Waals surface area contributed by atoms with Gasteiger partial charge in [0, 0.05) is 44.0 Å². The molecule has 0 radical (unpaired) electrons. The van der Waals surface area contributed by atoms with Crippen LogP contribution in [0.1, 0.15) is 22.7 Å². The van der Waals surface area contributed by atoms with E-state index in [0.29, 0.717) is 26.2 Å². The highest BCUT2D eigenvalue weighted by Crippen LogP contribution is 2.38. The second-order valence-electron chi connectivity index (χ2n) is 9.35. The van der Waals surface area contributed by atoms with Crippen molar-refractivity contribution in [3.8, 4) is 5.75 Å². The molecule has 3 nitrogen and oxygen atoms in total. The molecule has 0 bridgehead atoms. The highest BCUT2D eigenvalue weighted by atomic mass is 19.3. The van der Waals surface area contributed by atoms with Crippen molar-refractivity contribution < 1.29 is 35.5 Å². The fraction of sp³-hybridized carbons (Fsp3) is 0.200. The first-order valence-corrected chi connectivity index (χ1v) is 12.4. The fourth-order valence-corrected chi connectivity index (χ4v) is 4.93. The number of hydrogen-bond acceptors (Lipinski definition) is 3. The van der Waals surface area contributed by atoms with Gasteiger partial charge in [-0.25, -0.2) is 22.0 Å². The molecule has 0 aliphatic carbocycles. The number of halogens is 7. The Kier molecular flexibility index (Phi) is 7.71. The number of piperazine rings is 1. The summed E-state index contributed by atoms with van der Waals surface area (Å²) in [5, 5.41) is 0. The predicted molar refractivity (Wildman–Crippen MR) is 136 cm³/mol. The Hall–Kier alpha value is -4.05. The molecule has 1 saturated heterocycles. The van der Waals surface area contributed by atoms with Crippen molar-refractivity contribution in [3.05, 3.63) is 131 Å². The zero-order valence-corrected chi connectivity index (χ0v) is 20.9. The molecule has 1 aliphatic rings. The lowest BCUT2D eigenvalue weighted by Gasteiger charge is -2.40. The van der Waals surface area contributed by atoms with Crippen LogP contribution in [0.3, 0.4) is 0 Å². The van der Waals surface area contributed by atoms with Gasteiger partial charge in [0.15, 0.2) is 17.5 Å². The van der Waals surface area contributed by atoms with Crippen molar-refractivity contribution in [3.63, 3.8) is 0 Å². The maximum absolute atomic E-state index is 14.9. The molecule has 1 fully saturated rings.